The van der Waals surface area contributed by atoms with E-state index in [1.807, 2.05) is 12.1 Å². The second-order valence-electron chi connectivity index (χ2n) is 8.27. The minimum absolute atomic E-state index is 0.114. The van der Waals surface area contributed by atoms with Crippen molar-refractivity contribution in [3.63, 3.8) is 0 Å². The van der Waals surface area contributed by atoms with E-state index in [1.165, 1.54) is 12.5 Å². The van der Waals surface area contributed by atoms with Gasteiger partial charge in [-0.25, -0.2) is 15.1 Å². The zero-order valence-electron chi connectivity index (χ0n) is 18.5. The molecule has 0 unspecified atom stereocenters. The normalized spacial score (nSPS) is 22.0. The number of halogens is 2. The third-order valence-electron chi connectivity index (χ3n) is 5.73. The second kappa shape index (κ2) is 10.9. The number of nitrogens with one attached hydrogen (secondary N) is 1. The molecule has 5 N–H and O–H groups in total. The number of hydrogen-bond acceptors (Lipinski definition) is 10. The summed E-state index contributed by atoms with van der Waals surface area (Å²) in [7, 11) is -4.20. The second-order valence-corrected chi connectivity index (χ2v) is 10.7. The molecule has 0 amide bonds. The number of rotatable bonds is 9. The van der Waals surface area contributed by atoms with Gasteiger partial charge in [0.25, 0.3) is 0 Å². The van der Waals surface area contributed by atoms with Crippen molar-refractivity contribution < 1.29 is 27.6 Å². The molecule has 0 radical (unpaired) electrons. The Bertz CT molecular complexity index is 1370. The van der Waals surface area contributed by atoms with Gasteiger partial charge in [0.1, 0.15) is 23.9 Å². The molecule has 2 aromatic heterocycles. The van der Waals surface area contributed by atoms with Crippen molar-refractivity contribution in [1.29, 1.82) is 0 Å². The number of carbonyl (C=O) groups is 1. The molecule has 3 aromatic rings. The van der Waals surface area contributed by atoms with Crippen molar-refractivity contribution >= 4 is 49.4 Å². The summed E-state index contributed by atoms with van der Waals surface area (Å²) in [5.74, 6) is -1.02. The van der Waals surface area contributed by atoms with Crippen LogP contribution in [0.1, 0.15) is 28.0 Å². The van der Waals surface area contributed by atoms with Crippen LogP contribution in [-0.2, 0) is 21.0 Å². The van der Waals surface area contributed by atoms with Gasteiger partial charge in [0.05, 0.1) is 35.9 Å². The molecule has 2 heterocycles. The molecular formula is C21H22BrClN6O6S. The highest BCUT2D eigenvalue weighted by Gasteiger charge is 2.42. The Kier molecular flexibility index (Phi) is 8.04. The fourth-order valence-corrected chi connectivity index (χ4v) is 4.84. The minimum Gasteiger partial charge on any atom is -0.390 e. The van der Waals surface area contributed by atoms with Gasteiger partial charge in [-0.3, -0.25) is 13.7 Å². The first kappa shape index (κ1) is 26.6. The summed E-state index contributed by atoms with van der Waals surface area (Å²) in [6.07, 6.45) is 1.83. The van der Waals surface area contributed by atoms with Gasteiger partial charge in [-0.15, -0.1) is 0 Å². The summed E-state index contributed by atoms with van der Waals surface area (Å²) in [4.78, 5) is 21.2. The molecule has 12 nitrogen and oxygen atoms in total. The van der Waals surface area contributed by atoms with E-state index in [9.17, 15) is 23.4 Å². The molecular weight excluding hydrogens is 580 g/mol. The lowest BCUT2D eigenvalue weighted by atomic mass is 10.1. The standard InChI is InChI=1S/C21H22BrClN6O6S/c22-14-5-11(1-2-15(14)23)8-29-4-3-16(28-29)19(31)13-7-25-10-26-21(13)27-17-6-12(18(30)20(17)32)9-35-36(24,33)34/h1-5,7,10,12,17-18,20,30,32H,6,8-9H2,(H2,24,33,34)(H,25,26,27)/t12-,17-,18-,20+/m1/s1. The third-order valence-corrected chi connectivity index (χ3v) is 7.41. The Balaban J connectivity index is 1.47. The van der Waals surface area contributed by atoms with Crippen molar-refractivity contribution in [2.24, 2.45) is 11.1 Å². The van der Waals surface area contributed by atoms with Gasteiger partial charge in [0, 0.05) is 22.8 Å². The molecule has 1 aliphatic carbocycles. The van der Waals surface area contributed by atoms with E-state index >= 15 is 0 Å². The number of benzene rings is 1. The third kappa shape index (κ3) is 6.26. The first-order chi connectivity index (χ1) is 17.0. The van der Waals surface area contributed by atoms with Crippen molar-refractivity contribution in [1.82, 2.24) is 19.7 Å². The molecule has 4 atom stereocenters. The van der Waals surface area contributed by atoms with Crippen LogP contribution in [0.3, 0.4) is 0 Å². The molecule has 1 aromatic carbocycles. The predicted octanol–water partition coefficient (Wildman–Crippen LogP) is 1.11. The topological polar surface area (TPSA) is 183 Å². The van der Waals surface area contributed by atoms with E-state index in [0.29, 0.717) is 11.6 Å². The van der Waals surface area contributed by atoms with E-state index in [1.54, 1.807) is 23.0 Å². The number of aliphatic hydroxyl groups is 2. The average molecular weight is 602 g/mol. The summed E-state index contributed by atoms with van der Waals surface area (Å²) < 4.78 is 29.0. The number of nitrogens with zero attached hydrogens (tertiary/aromatic N) is 4. The Morgan fingerprint density at radius 3 is 2.81 bits per heavy atom. The summed E-state index contributed by atoms with van der Waals surface area (Å²) in [6, 6.07) is 6.30. The Morgan fingerprint density at radius 2 is 2.08 bits per heavy atom. The van der Waals surface area contributed by atoms with Crippen LogP contribution in [0.4, 0.5) is 5.82 Å². The van der Waals surface area contributed by atoms with Gasteiger partial charge in [0.15, 0.2) is 0 Å². The Morgan fingerprint density at radius 1 is 1.31 bits per heavy atom. The molecule has 0 saturated heterocycles. The zero-order chi connectivity index (χ0) is 26.0. The Hall–Kier alpha value is -2.46. The van der Waals surface area contributed by atoms with Crippen LogP contribution in [0.5, 0.6) is 0 Å². The highest BCUT2D eigenvalue weighted by Crippen LogP contribution is 2.30. The van der Waals surface area contributed by atoms with Crippen molar-refractivity contribution in [3.05, 3.63) is 69.3 Å². The van der Waals surface area contributed by atoms with Gasteiger partial charge >= 0.3 is 10.3 Å². The number of aliphatic hydroxyl groups excluding tert-OH is 2. The van der Waals surface area contributed by atoms with Crippen molar-refractivity contribution in [2.45, 2.75) is 31.2 Å². The number of anilines is 1. The Labute approximate surface area is 219 Å². The maximum absolute atomic E-state index is 13.2. The monoisotopic (exact) mass is 600 g/mol. The molecule has 36 heavy (non-hydrogen) atoms. The van der Waals surface area contributed by atoms with Gasteiger partial charge in [-0.2, -0.15) is 13.5 Å². The number of nitrogens with two attached hydrogens (primary N) is 1. The SMILES string of the molecule is NS(=O)(=O)OC[C@H]1C[C@@H](Nc2ncncc2C(=O)c2ccn(Cc3ccc(Cl)c(Br)c3)n2)[C@H](O)[C@@H]1O. The van der Waals surface area contributed by atoms with Crippen LogP contribution >= 0.6 is 27.5 Å². The van der Waals surface area contributed by atoms with Crippen LogP contribution in [0, 0.1) is 5.92 Å². The summed E-state index contributed by atoms with van der Waals surface area (Å²) in [6.45, 7) is 0.0139. The quantitative estimate of drug-likeness (QED) is 0.259. The molecule has 0 bridgehead atoms. The first-order valence-corrected chi connectivity index (χ1v) is 13.3. The fourth-order valence-electron chi connectivity index (χ4n) is 3.94. The van der Waals surface area contributed by atoms with Gasteiger partial charge in [-0.05, 0) is 46.1 Å². The van der Waals surface area contributed by atoms with Gasteiger partial charge in [-0.1, -0.05) is 17.7 Å². The van der Waals surface area contributed by atoms with Crippen LogP contribution in [-0.4, -0.2) is 69.0 Å². The van der Waals surface area contributed by atoms with Crippen LogP contribution in [0.25, 0.3) is 0 Å². The van der Waals surface area contributed by atoms with E-state index < -0.39 is 46.9 Å². The van der Waals surface area contributed by atoms with E-state index in [-0.39, 0.29) is 23.5 Å². The van der Waals surface area contributed by atoms with Gasteiger partial charge in [0.2, 0.25) is 5.78 Å². The van der Waals surface area contributed by atoms with Crippen molar-refractivity contribution in [3.8, 4) is 0 Å². The highest BCUT2D eigenvalue weighted by molar-refractivity contribution is 9.10. The van der Waals surface area contributed by atoms with Crippen LogP contribution in [0.15, 0.2) is 47.5 Å². The summed E-state index contributed by atoms with van der Waals surface area (Å²) in [5, 5.41) is 33.5. The molecule has 1 fully saturated rings. The number of ketones is 1. The van der Waals surface area contributed by atoms with E-state index in [2.05, 4.69) is 40.5 Å². The predicted molar refractivity (Wildman–Crippen MR) is 133 cm³/mol. The average Bonchev–Trinajstić information content (AvgIpc) is 3.40. The van der Waals surface area contributed by atoms with Crippen LogP contribution in [0.2, 0.25) is 5.02 Å². The van der Waals surface area contributed by atoms with Crippen LogP contribution < -0.4 is 10.5 Å². The number of hydrogen-bond donors (Lipinski definition) is 4. The van der Waals surface area contributed by atoms with Crippen molar-refractivity contribution in [2.75, 3.05) is 11.9 Å². The number of aromatic nitrogens is 4. The molecule has 1 aliphatic rings. The molecule has 0 aliphatic heterocycles. The summed E-state index contributed by atoms with van der Waals surface area (Å²) in [5.41, 5.74) is 1.20. The lowest BCUT2D eigenvalue weighted by Gasteiger charge is -2.19. The maximum Gasteiger partial charge on any atom is 0.333 e. The molecule has 192 valence electrons. The molecule has 4 rings (SSSR count). The summed E-state index contributed by atoms with van der Waals surface area (Å²) >= 11 is 9.42. The molecule has 0 spiro atoms. The van der Waals surface area contributed by atoms with Gasteiger partial charge < -0.3 is 15.5 Å². The minimum atomic E-state index is -4.20. The number of carbonyl (C=O) groups excluding carboxylic acids is 1. The lowest BCUT2D eigenvalue weighted by molar-refractivity contribution is 0.00778. The van der Waals surface area contributed by atoms with E-state index in [0.717, 1.165) is 10.0 Å². The lowest BCUT2D eigenvalue weighted by Crippen LogP contribution is -2.36. The molecule has 15 heteroatoms. The largest absolute Gasteiger partial charge is 0.390 e. The highest BCUT2D eigenvalue weighted by atomic mass is 79.9. The maximum atomic E-state index is 13.2. The zero-order valence-corrected chi connectivity index (χ0v) is 21.7. The fraction of sp³-hybridized carbons (Fsp3) is 0.333. The van der Waals surface area contributed by atoms with E-state index in [4.69, 9.17) is 16.7 Å². The first-order valence-electron chi connectivity index (χ1n) is 10.6. The molecule has 1 saturated carbocycles. The smallest absolute Gasteiger partial charge is 0.333 e.